The van der Waals surface area contributed by atoms with Crippen LogP contribution >= 0.6 is 7.92 Å². The Kier molecular flexibility index (Phi) is 11.6. The Balaban J connectivity index is 2.02. The number of methoxy groups -OCH3 is 1. The van der Waals surface area contributed by atoms with Crippen LogP contribution in [0, 0.1) is 0 Å². The normalized spacial score (nSPS) is 19.4. The molecule has 0 spiro atoms. The second-order valence-electron chi connectivity index (χ2n) is 16.5. The molecule has 0 radical (unpaired) electrons. The number of hydrogen-bond acceptors (Lipinski definition) is 2. The summed E-state index contributed by atoms with van der Waals surface area (Å²) < 4.78 is 22.3. The van der Waals surface area contributed by atoms with Crippen molar-refractivity contribution >= 4 is 24.2 Å². The zero-order chi connectivity index (χ0) is 32.4. The van der Waals surface area contributed by atoms with Crippen molar-refractivity contribution in [3.05, 3.63) is 58.7 Å². The molecule has 2 aromatic carbocycles. The highest BCUT2D eigenvalue weighted by Gasteiger charge is 2.39. The van der Waals surface area contributed by atoms with E-state index in [1.54, 1.807) is 5.30 Å². The summed E-state index contributed by atoms with van der Waals surface area (Å²) in [6.07, 6.45) is 13.8. The summed E-state index contributed by atoms with van der Waals surface area (Å²) in [7, 11) is 2.39. The van der Waals surface area contributed by atoms with E-state index in [2.05, 4.69) is 110 Å². The molecular weight excluding hydrogens is 577 g/mol. The Bertz CT molecular complexity index is 1220. The molecule has 1 unspecified atom stereocenters. The Morgan fingerprint density at radius 1 is 0.773 bits per heavy atom. The van der Waals surface area contributed by atoms with Gasteiger partial charge in [0, 0.05) is 18.2 Å². The largest absolute Gasteiger partial charge is 0.496 e. The predicted octanol–water partition coefficient (Wildman–Crippen LogP) is 10.5. The van der Waals surface area contributed by atoms with Gasteiger partial charge in [0.1, 0.15) is 16.7 Å². The Labute approximate surface area is 274 Å². The summed E-state index contributed by atoms with van der Waals surface area (Å²) in [5, 5.41) is 1.58. The molecular formula is C39H62NO2PS. The zero-order valence-electron chi connectivity index (χ0n) is 29.9. The third kappa shape index (κ3) is 8.01. The van der Waals surface area contributed by atoms with E-state index >= 15 is 0 Å². The van der Waals surface area contributed by atoms with Gasteiger partial charge in [-0.3, -0.25) is 0 Å². The van der Waals surface area contributed by atoms with Crippen molar-refractivity contribution in [3.8, 4) is 5.75 Å². The summed E-state index contributed by atoms with van der Waals surface area (Å²) in [4.78, 5) is 0. The van der Waals surface area contributed by atoms with Crippen molar-refractivity contribution in [2.75, 3.05) is 14.2 Å². The molecule has 4 rings (SSSR count). The van der Waals surface area contributed by atoms with Crippen LogP contribution in [0.25, 0.3) is 0 Å². The molecule has 2 saturated carbocycles. The van der Waals surface area contributed by atoms with Crippen molar-refractivity contribution in [1.29, 1.82) is 0 Å². The number of benzene rings is 2. The van der Waals surface area contributed by atoms with Crippen LogP contribution < -0.4 is 10.0 Å². The zero-order valence-corrected chi connectivity index (χ0v) is 31.6. The second-order valence-corrected chi connectivity index (χ2v) is 21.6. The fraction of sp³-hybridized carbons (Fsp3) is 0.692. The van der Waals surface area contributed by atoms with Crippen LogP contribution in [0.5, 0.6) is 5.75 Å². The summed E-state index contributed by atoms with van der Waals surface area (Å²) in [6.45, 7) is 20.0. The Hall–Kier alpha value is -1.22. The van der Waals surface area contributed by atoms with Gasteiger partial charge in [-0.25, -0.2) is 8.51 Å². The lowest BCUT2D eigenvalue weighted by atomic mass is 9.77. The molecule has 2 aliphatic carbocycles. The average Bonchev–Trinajstić information content (AvgIpc) is 2.97. The van der Waals surface area contributed by atoms with E-state index in [0.29, 0.717) is 0 Å². The maximum Gasteiger partial charge on any atom is 0.126 e. The van der Waals surface area contributed by atoms with Crippen LogP contribution in [0.4, 0.5) is 0 Å². The van der Waals surface area contributed by atoms with Crippen LogP contribution in [-0.2, 0) is 21.8 Å². The number of ether oxygens (including phenoxy) is 1. The lowest BCUT2D eigenvalue weighted by Crippen LogP contribution is -2.40. The van der Waals surface area contributed by atoms with E-state index < -0.39 is 11.0 Å². The topological polar surface area (TPSA) is 29.5 Å². The van der Waals surface area contributed by atoms with Gasteiger partial charge < -0.3 is 4.74 Å². The number of nitrogens with zero attached hydrogens (tertiary/aromatic N) is 1. The van der Waals surface area contributed by atoms with Crippen LogP contribution in [0.1, 0.15) is 155 Å². The number of hydrogen-bond donors (Lipinski definition) is 0. The maximum absolute atomic E-state index is 14.3. The highest BCUT2D eigenvalue weighted by molar-refractivity contribution is 7.84. The Morgan fingerprint density at radius 3 is 1.64 bits per heavy atom. The van der Waals surface area contributed by atoms with Crippen LogP contribution in [0.2, 0.25) is 0 Å². The molecule has 246 valence electrons. The van der Waals surface area contributed by atoms with Gasteiger partial charge in [-0.05, 0) is 97.2 Å². The van der Waals surface area contributed by atoms with Gasteiger partial charge in [-0.2, -0.15) is 0 Å². The fourth-order valence-corrected chi connectivity index (χ4v) is 12.9. The summed E-state index contributed by atoms with van der Waals surface area (Å²) in [5.41, 5.74) is 6.44. The maximum atomic E-state index is 14.3. The van der Waals surface area contributed by atoms with Gasteiger partial charge in [0.25, 0.3) is 0 Å². The van der Waals surface area contributed by atoms with Crippen molar-refractivity contribution in [1.82, 2.24) is 4.31 Å². The quantitative estimate of drug-likeness (QED) is 0.269. The first-order chi connectivity index (χ1) is 20.6. The van der Waals surface area contributed by atoms with Gasteiger partial charge in [0.2, 0.25) is 0 Å². The highest BCUT2D eigenvalue weighted by Crippen LogP contribution is 2.56. The standard InChI is InChI=1S/C39H62NO2PS/c1-37(2,3)32-26-28(27-33(36(32)42-11)38(4,5)6)35(40(10)44(41)39(7,8)9)31-24-18-19-25-34(31)43(29-20-14-12-15-21-29)30-22-16-13-17-23-30/h18-19,24-27,29-30,35H,12-17,20-23H2,1-11H3/t35-,44?/m1/s1. The summed E-state index contributed by atoms with van der Waals surface area (Å²) >= 11 is 0. The minimum Gasteiger partial charge on any atom is -0.496 e. The highest BCUT2D eigenvalue weighted by atomic mass is 32.2. The SMILES string of the molecule is COc1c(C(C)(C)C)cc([C@H](c2ccccc2P(C2CCCCC2)C2CCCCC2)N(C)S(=O)C(C)(C)C)cc1C(C)(C)C. The molecule has 0 aromatic heterocycles. The van der Waals surface area contributed by atoms with Crippen molar-refractivity contribution in [2.45, 2.75) is 159 Å². The minimum atomic E-state index is -1.20. The average molecular weight is 640 g/mol. The van der Waals surface area contributed by atoms with E-state index in [0.717, 1.165) is 17.1 Å². The third-order valence-corrected chi connectivity index (χ3v) is 15.2. The second kappa shape index (κ2) is 14.3. The Morgan fingerprint density at radius 2 is 1.23 bits per heavy atom. The minimum absolute atomic E-state index is 0.107. The first-order valence-corrected chi connectivity index (χ1v) is 19.9. The third-order valence-electron chi connectivity index (χ3n) is 9.84. The van der Waals surface area contributed by atoms with E-state index in [1.807, 2.05) is 7.11 Å². The molecule has 2 atom stereocenters. The molecule has 0 heterocycles. The van der Waals surface area contributed by atoms with Crippen molar-refractivity contribution < 1.29 is 8.95 Å². The molecule has 2 fully saturated rings. The molecule has 3 nitrogen and oxygen atoms in total. The van der Waals surface area contributed by atoms with Gasteiger partial charge in [-0.15, -0.1) is 0 Å². The summed E-state index contributed by atoms with van der Waals surface area (Å²) in [6, 6.07) is 14.0. The molecule has 2 aliphatic rings. The molecule has 0 N–H and O–H groups in total. The van der Waals surface area contributed by atoms with Gasteiger partial charge in [-0.1, -0.05) is 112 Å². The fourth-order valence-electron chi connectivity index (χ4n) is 7.62. The first kappa shape index (κ1) is 35.6. The van der Waals surface area contributed by atoms with Gasteiger partial charge in [0.15, 0.2) is 0 Å². The van der Waals surface area contributed by atoms with Crippen LogP contribution in [-0.4, -0.2) is 38.7 Å². The van der Waals surface area contributed by atoms with E-state index in [9.17, 15) is 4.21 Å². The lowest BCUT2D eigenvalue weighted by Gasteiger charge is -2.42. The van der Waals surface area contributed by atoms with E-state index in [-0.39, 0.29) is 29.5 Å². The first-order valence-electron chi connectivity index (χ1n) is 17.3. The molecule has 0 aliphatic heterocycles. The summed E-state index contributed by atoms with van der Waals surface area (Å²) in [5.74, 6) is 0.993. The van der Waals surface area contributed by atoms with Crippen molar-refractivity contribution in [2.24, 2.45) is 0 Å². The molecule has 2 aromatic rings. The van der Waals surface area contributed by atoms with Crippen LogP contribution in [0.3, 0.4) is 0 Å². The van der Waals surface area contributed by atoms with E-state index in [1.165, 1.54) is 86.5 Å². The molecule has 0 bridgehead atoms. The van der Waals surface area contributed by atoms with Gasteiger partial charge >= 0.3 is 0 Å². The molecule has 5 heteroatoms. The van der Waals surface area contributed by atoms with Crippen molar-refractivity contribution in [3.63, 3.8) is 0 Å². The molecule has 0 saturated heterocycles. The number of rotatable bonds is 8. The smallest absolute Gasteiger partial charge is 0.126 e. The lowest BCUT2D eigenvalue weighted by molar-refractivity contribution is 0.379. The van der Waals surface area contributed by atoms with Crippen LogP contribution in [0.15, 0.2) is 36.4 Å². The predicted molar refractivity (Wildman–Crippen MR) is 195 cm³/mol. The van der Waals surface area contributed by atoms with E-state index in [4.69, 9.17) is 4.74 Å². The molecule has 0 amide bonds. The van der Waals surface area contributed by atoms with Gasteiger partial charge in [0.05, 0.1) is 17.9 Å². The molecule has 44 heavy (non-hydrogen) atoms. The monoisotopic (exact) mass is 639 g/mol.